The summed E-state index contributed by atoms with van der Waals surface area (Å²) in [7, 11) is 0. The molecule has 0 radical (unpaired) electrons. The third-order valence-corrected chi connectivity index (χ3v) is 6.63. The van der Waals surface area contributed by atoms with Crippen molar-refractivity contribution < 1.29 is 28.8 Å². The highest BCUT2D eigenvalue weighted by Crippen LogP contribution is 2.48. The number of amides is 8. The van der Waals surface area contributed by atoms with Crippen molar-refractivity contribution in [2.24, 2.45) is 10.8 Å². The van der Waals surface area contributed by atoms with Crippen molar-refractivity contribution in [3.05, 3.63) is 25.3 Å². The molecule has 0 aromatic rings. The van der Waals surface area contributed by atoms with Gasteiger partial charge in [-0.3, -0.25) is 38.8 Å². The Kier molecular flexibility index (Phi) is 6.82. The molecule has 8 amide bonds. The largest absolute Gasteiger partial charge is 0.333 e. The first-order valence-corrected chi connectivity index (χ1v) is 11.4. The lowest BCUT2D eigenvalue weighted by Crippen LogP contribution is -2.62. The van der Waals surface area contributed by atoms with Gasteiger partial charge in [0.1, 0.15) is 12.8 Å². The second-order valence-electron chi connectivity index (χ2n) is 10.5. The number of imide groups is 4. The maximum Gasteiger partial charge on any atom is 0.333 e. The Labute approximate surface area is 199 Å². The number of rotatable bonds is 7. The molecule has 1 saturated carbocycles. The van der Waals surface area contributed by atoms with Gasteiger partial charge >= 0.3 is 12.1 Å². The fourth-order valence-electron chi connectivity index (χ4n) is 5.73. The molecule has 34 heavy (non-hydrogen) atoms. The van der Waals surface area contributed by atoms with Crippen LogP contribution in [0.15, 0.2) is 25.3 Å². The van der Waals surface area contributed by atoms with Crippen molar-refractivity contribution in [2.45, 2.75) is 58.9 Å². The molecule has 2 unspecified atom stereocenters. The summed E-state index contributed by atoms with van der Waals surface area (Å²) < 4.78 is 0. The Bertz CT molecular complexity index is 973. The zero-order valence-corrected chi connectivity index (χ0v) is 20.0. The predicted octanol–water partition coefficient (Wildman–Crippen LogP) is 2.31. The van der Waals surface area contributed by atoms with E-state index in [9.17, 15) is 28.8 Å². The highest BCUT2D eigenvalue weighted by atomic mass is 16.2. The molecule has 3 rings (SSSR count). The summed E-state index contributed by atoms with van der Waals surface area (Å²) in [4.78, 5) is 80.1. The van der Waals surface area contributed by atoms with Gasteiger partial charge in [0.25, 0.3) is 0 Å². The second-order valence-corrected chi connectivity index (χ2v) is 10.5. The first-order chi connectivity index (χ1) is 15.8. The lowest BCUT2D eigenvalue weighted by atomic mass is 9.62. The molecule has 3 aliphatic rings. The van der Waals surface area contributed by atoms with Gasteiger partial charge in [-0.25, -0.2) is 9.59 Å². The summed E-state index contributed by atoms with van der Waals surface area (Å²) in [6.45, 7) is 13.2. The zero-order chi connectivity index (χ0) is 25.4. The van der Waals surface area contributed by atoms with Gasteiger partial charge in [0, 0.05) is 25.7 Å². The molecule has 1 aliphatic carbocycles. The molecule has 2 heterocycles. The van der Waals surface area contributed by atoms with E-state index in [-0.39, 0.29) is 25.0 Å². The van der Waals surface area contributed by atoms with E-state index >= 15 is 0 Å². The zero-order valence-electron chi connectivity index (χ0n) is 20.0. The first-order valence-electron chi connectivity index (χ1n) is 11.4. The van der Waals surface area contributed by atoms with Gasteiger partial charge < -0.3 is 0 Å². The highest BCUT2D eigenvalue weighted by molar-refractivity contribution is 6.15. The van der Waals surface area contributed by atoms with Gasteiger partial charge in [-0.05, 0) is 30.1 Å². The number of urea groups is 2. The third kappa shape index (κ3) is 4.80. The van der Waals surface area contributed by atoms with Crippen LogP contribution in [0.5, 0.6) is 0 Å². The summed E-state index contributed by atoms with van der Waals surface area (Å²) in [5, 5.41) is 0. The summed E-state index contributed by atoms with van der Waals surface area (Å²) >= 11 is 0. The van der Waals surface area contributed by atoms with Crippen molar-refractivity contribution in [2.75, 3.05) is 19.6 Å². The van der Waals surface area contributed by atoms with E-state index in [1.54, 1.807) is 0 Å². The molecule has 0 spiro atoms. The summed E-state index contributed by atoms with van der Waals surface area (Å²) in [6, 6.07) is -1.86. The number of carbonyl (C=O) groups excluding carboxylic acids is 6. The lowest BCUT2D eigenvalue weighted by Gasteiger charge is -2.51. The van der Waals surface area contributed by atoms with E-state index in [1.807, 2.05) is 20.8 Å². The molecule has 0 bridgehead atoms. The SMILES string of the molecule is C=CCN1C(=O)CC(=O)N(CC2(C)CC(N3C(=O)CC(=O)N(CC=C)C3=O)CC(C)(C)C2)C1=O. The fraction of sp³-hybridized carbons (Fsp3) is 0.583. The average molecular weight is 473 g/mol. The number of hydrogen-bond acceptors (Lipinski definition) is 6. The van der Waals surface area contributed by atoms with Crippen LogP contribution in [0.1, 0.15) is 52.9 Å². The fourth-order valence-corrected chi connectivity index (χ4v) is 5.73. The van der Waals surface area contributed by atoms with Crippen molar-refractivity contribution in [3.8, 4) is 0 Å². The van der Waals surface area contributed by atoms with Gasteiger partial charge in [-0.15, -0.1) is 13.2 Å². The minimum absolute atomic E-state index is 0.0101. The summed E-state index contributed by atoms with van der Waals surface area (Å²) in [6.07, 6.45) is 3.58. The summed E-state index contributed by atoms with van der Waals surface area (Å²) in [5.74, 6) is -2.23. The summed E-state index contributed by atoms with van der Waals surface area (Å²) in [5.41, 5.74) is -0.940. The minimum atomic E-state index is -0.685. The molecule has 2 saturated heterocycles. The van der Waals surface area contributed by atoms with Crippen molar-refractivity contribution in [3.63, 3.8) is 0 Å². The van der Waals surface area contributed by atoms with Gasteiger partial charge in [0.2, 0.25) is 23.6 Å². The van der Waals surface area contributed by atoms with Crippen LogP contribution in [0.4, 0.5) is 9.59 Å². The molecule has 2 aliphatic heterocycles. The van der Waals surface area contributed by atoms with E-state index in [0.717, 1.165) is 19.6 Å². The van der Waals surface area contributed by atoms with Crippen LogP contribution in [0.2, 0.25) is 0 Å². The molecule has 0 N–H and O–H groups in total. The van der Waals surface area contributed by atoms with E-state index in [4.69, 9.17) is 0 Å². The Balaban J connectivity index is 1.88. The van der Waals surface area contributed by atoms with Gasteiger partial charge in [-0.2, -0.15) is 0 Å². The lowest BCUT2D eigenvalue weighted by molar-refractivity contribution is -0.148. The minimum Gasteiger partial charge on any atom is -0.274 e. The van der Waals surface area contributed by atoms with Crippen LogP contribution >= 0.6 is 0 Å². The third-order valence-electron chi connectivity index (χ3n) is 6.63. The Morgan fingerprint density at radius 2 is 1.26 bits per heavy atom. The van der Waals surface area contributed by atoms with Crippen LogP contribution in [-0.2, 0) is 19.2 Å². The van der Waals surface area contributed by atoms with Crippen molar-refractivity contribution in [1.82, 2.24) is 19.6 Å². The van der Waals surface area contributed by atoms with Crippen molar-refractivity contribution in [1.29, 1.82) is 0 Å². The molecule has 0 aromatic heterocycles. The van der Waals surface area contributed by atoms with Crippen LogP contribution in [0.25, 0.3) is 0 Å². The van der Waals surface area contributed by atoms with E-state index in [1.165, 1.54) is 12.2 Å². The second kappa shape index (κ2) is 9.15. The molecule has 0 aromatic carbocycles. The quantitative estimate of drug-likeness (QED) is 0.415. The molecular weight excluding hydrogens is 440 g/mol. The molecule has 3 fully saturated rings. The van der Waals surface area contributed by atoms with E-state index < -0.39 is 60.0 Å². The normalized spacial score (nSPS) is 28.0. The molecule has 184 valence electrons. The van der Waals surface area contributed by atoms with E-state index in [2.05, 4.69) is 13.2 Å². The number of carbonyl (C=O) groups is 6. The van der Waals surface area contributed by atoms with Crippen LogP contribution < -0.4 is 0 Å². The van der Waals surface area contributed by atoms with Gasteiger partial charge in [-0.1, -0.05) is 32.9 Å². The smallest absolute Gasteiger partial charge is 0.274 e. The van der Waals surface area contributed by atoms with Crippen molar-refractivity contribution >= 4 is 35.7 Å². The Morgan fingerprint density at radius 1 is 0.765 bits per heavy atom. The molecule has 2 atom stereocenters. The maximum absolute atomic E-state index is 13.1. The van der Waals surface area contributed by atoms with Crippen LogP contribution in [0.3, 0.4) is 0 Å². The first kappa shape index (κ1) is 25.3. The number of barbiturate groups is 2. The standard InChI is InChI=1S/C24H32N4O6/c1-6-8-25-17(29)10-19(31)27(21(25)33)15-24(5)13-16(12-23(3,4)14-24)28-20(32)11-18(30)26(9-7-2)22(28)34/h6-7,16H,1-2,8-15H2,3-5H3. The molecule has 10 nitrogen and oxygen atoms in total. The Morgan fingerprint density at radius 3 is 1.82 bits per heavy atom. The molecular formula is C24H32N4O6. The Hall–Kier alpha value is -3.30. The van der Waals surface area contributed by atoms with Crippen LogP contribution in [0, 0.1) is 10.8 Å². The topological polar surface area (TPSA) is 115 Å². The monoisotopic (exact) mass is 472 g/mol. The maximum atomic E-state index is 13.1. The van der Waals surface area contributed by atoms with Gasteiger partial charge in [0.15, 0.2) is 0 Å². The average Bonchev–Trinajstić information content (AvgIpc) is 2.70. The highest BCUT2D eigenvalue weighted by Gasteiger charge is 2.51. The number of hydrogen-bond donors (Lipinski definition) is 0. The molecule has 10 heteroatoms. The van der Waals surface area contributed by atoms with Crippen LogP contribution in [-0.4, -0.2) is 81.0 Å². The predicted molar refractivity (Wildman–Crippen MR) is 122 cm³/mol. The van der Waals surface area contributed by atoms with E-state index in [0.29, 0.717) is 19.3 Å². The number of nitrogens with zero attached hydrogens (tertiary/aromatic N) is 4. The van der Waals surface area contributed by atoms with Gasteiger partial charge in [0.05, 0.1) is 0 Å².